The standard InChI is InChI=1S/C21H29N3O4.ClH/c1-3-27-16-6-7-19-17(14-16)20(18(15-23-19)21(25)28-4-2)22-8-5-9-24-10-12-26-13-11-24;/h6-7,14-15H,3-5,8-13H2,1-2H3,(H,22,23);1H. The van der Waals surface area contributed by atoms with Crippen LogP contribution in [0.4, 0.5) is 5.69 Å². The van der Waals surface area contributed by atoms with Crippen LogP contribution in [0, 0.1) is 0 Å². The molecule has 1 N–H and O–H groups in total. The Morgan fingerprint density at radius 2 is 2.03 bits per heavy atom. The molecule has 0 spiro atoms. The van der Waals surface area contributed by atoms with E-state index >= 15 is 0 Å². The van der Waals surface area contributed by atoms with Gasteiger partial charge in [0.25, 0.3) is 0 Å². The highest BCUT2D eigenvalue weighted by molar-refractivity contribution is 6.05. The van der Waals surface area contributed by atoms with Gasteiger partial charge in [-0.1, -0.05) is 0 Å². The monoisotopic (exact) mass is 423 g/mol. The van der Waals surface area contributed by atoms with Crippen molar-refractivity contribution < 1.29 is 19.0 Å². The first-order chi connectivity index (χ1) is 13.7. The molecule has 0 bridgehead atoms. The molecular formula is C21H30ClN3O4. The highest BCUT2D eigenvalue weighted by Crippen LogP contribution is 2.30. The fourth-order valence-electron chi connectivity index (χ4n) is 3.32. The lowest BCUT2D eigenvalue weighted by Crippen LogP contribution is -2.37. The van der Waals surface area contributed by atoms with Gasteiger partial charge in [0.15, 0.2) is 0 Å². The molecular weight excluding hydrogens is 394 g/mol. The number of nitrogens with zero attached hydrogens (tertiary/aromatic N) is 2. The summed E-state index contributed by atoms with van der Waals surface area (Å²) in [5, 5.41) is 4.31. The summed E-state index contributed by atoms with van der Waals surface area (Å²) in [6, 6.07) is 5.73. The first-order valence-corrected chi connectivity index (χ1v) is 9.99. The van der Waals surface area contributed by atoms with Crippen LogP contribution in [0.3, 0.4) is 0 Å². The Hall–Kier alpha value is -2.09. The van der Waals surface area contributed by atoms with Crippen molar-refractivity contribution in [2.75, 3.05) is 57.9 Å². The fourth-order valence-corrected chi connectivity index (χ4v) is 3.32. The second-order valence-corrected chi connectivity index (χ2v) is 6.61. The van der Waals surface area contributed by atoms with Gasteiger partial charge < -0.3 is 19.5 Å². The number of carbonyl (C=O) groups excluding carboxylic acids is 1. The number of rotatable bonds is 9. The van der Waals surface area contributed by atoms with Crippen molar-refractivity contribution in [1.29, 1.82) is 0 Å². The zero-order chi connectivity index (χ0) is 19.8. The number of benzene rings is 1. The minimum atomic E-state index is -0.366. The molecule has 1 aliphatic heterocycles. The lowest BCUT2D eigenvalue weighted by Gasteiger charge is -2.26. The molecule has 0 unspecified atom stereocenters. The first-order valence-electron chi connectivity index (χ1n) is 9.99. The lowest BCUT2D eigenvalue weighted by molar-refractivity contribution is 0.0378. The smallest absolute Gasteiger partial charge is 0.341 e. The van der Waals surface area contributed by atoms with Gasteiger partial charge in [-0.25, -0.2) is 4.79 Å². The van der Waals surface area contributed by atoms with E-state index in [1.807, 2.05) is 25.1 Å². The zero-order valence-corrected chi connectivity index (χ0v) is 17.9. The molecule has 1 aromatic carbocycles. The van der Waals surface area contributed by atoms with Crippen LogP contribution in [-0.2, 0) is 9.47 Å². The molecule has 1 aliphatic rings. The summed E-state index contributed by atoms with van der Waals surface area (Å²) in [7, 11) is 0. The van der Waals surface area contributed by atoms with Gasteiger partial charge in [-0.15, -0.1) is 12.4 Å². The third-order valence-electron chi connectivity index (χ3n) is 4.70. The molecule has 0 atom stereocenters. The van der Waals surface area contributed by atoms with Crippen molar-refractivity contribution in [3.05, 3.63) is 30.0 Å². The second kappa shape index (κ2) is 11.8. The molecule has 3 rings (SSSR count). The Labute approximate surface area is 178 Å². The average Bonchev–Trinajstić information content (AvgIpc) is 2.72. The van der Waals surface area contributed by atoms with E-state index in [1.165, 1.54) is 0 Å². The van der Waals surface area contributed by atoms with Crippen molar-refractivity contribution in [1.82, 2.24) is 9.88 Å². The molecule has 2 heterocycles. The summed E-state index contributed by atoms with van der Waals surface area (Å²) in [5.41, 5.74) is 2.02. The van der Waals surface area contributed by atoms with E-state index in [1.54, 1.807) is 13.1 Å². The number of anilines is 1. The van der Waals surface area contributed by atoms with Crippen molar-refractivity contribution in [2.24, 2.45) is 0 Å². The third-order valence-corrected chi connectivity index (χ3v) is 4.70. The number of carbonyl (C=O) groups is 1. The summed E-state index contributed by atoms with van der Waals surface area (Å²) in [5.74, 6) is 0.392. The summed E-state index contributed by atoms with van der Waals surface area (Å²) in [4.78, 5) is 19.3. The minimum Gasteiger partial charge on any atom is -0.494 e. The van der Waals surface area contributed by atoms with E-state index in [0.29, 0.717) is 18.8 Å². The molecule has 8 heteroatoms. The molecule has 29 heavy (non-hydrogen) atoms. The van der Waals surface area contributed by atoms with Crippen molar-refractivity contribution in [3.63, 3.8) is 0 Å². The van der Waals surface area contributed by atoms with Crippen molar-refractivity contribution in [3.8, 4) is 5.75 Å². The summed E-state index contributed by atoms with van der Waals surface area (Å²) < 4.78 is 16.2. The number of hydrogen-bond acceptors (Lipinski definition) is 7. The van der Waals surface area contributed by atoms with Gasteiger partial charge in [-0.2, -0.15) is 0 Å². The SMILES string of the molecule is CCOC(=O)c1cnc2ccc(OCC)cc2c1NCCCN1CCOCC1.Cl. The van der Waals surface area contributed by atoms with Gasteiger partial charge in [0.05, 0.1) is 37.6 Å². The number of pyridine rings is 1. The van der Waals surface area contributed by atoms with Gasteiger partial charge in [0, 0.05) is 31.2 Å². The maximum absolute atomic E-state index is 12.4. The van der Waals surface area contributed by atoms with Crippen molar-refractivity contribution in [2.45, 2.75) is 20.3 Å². The molecule has 1 fully saturated rings. The number of morpholine rings is 1. The van der Waals surface area contributed by atoms with Crippen molar-refractivity contribution >= 4 is 35.0 Å². The highest BCUT2D eigenvalue weighted by Gasteiger charge is 2.17. The largest absolute Gasteiger partial charge is 0.494 e. The Kier molecular flexibility index (Phi) is 9.44. The van der Waals surface area contributed by atoms with Crippen LogP contribution in [0.2, 0.25) is 0 Å². The quantitative estimate of drug-likeness (QED) is 0.489. The molecule has 1 saturated heterocycles. The second-order valence-electron chi connectivity index (χ2n) is 6.61. The lowest BCUT2D eigenvalue weighted by atomic mass is 10.1. The van der Waals surface area contributed by atoms with E-state index in [2.05, 4.69) is 15.2 Å². The van der Waals surface area contributed by atoms with E-state index in [0.717, 1.165) is 68.2 Å². The van der Waals surface area contributed by atoms with Gasteiger partial charge >= 0.3 is 5.97 Å². The van der Waals surface area contributed by atoms with E-state index in [9.17, 15) is 4.79 Å². The number of esters is 1. The Bertz CT molecular complexity index is 797. The van der Waals surface area contributed by atoms with Crippen LogP contribution in [-0.4, -0.2) is 68.5 Å². The number of aromatic nitrogens is 1. The molecule has 0 aliphatic carbocycles. The Morgan fingerprint density at radius 1 is 1.24 bits per heavy atom. The van der Waals surface area contributed by atoms with Crippen LogP contribution in [0.5, 0.6) is 5.75 Å². The van der Waals surface area contributed by atoms with Crippen LogP contribution in [0.15, 0.2) is 24.4 Å². The zero-order valence-electron chi connectivity index (χ0n) is 17.1. The van der Waals surface area contributed by atoms with Gasteiger partial charge in [-0.05, 0) is 45.0 Å². The molecule has 0 saturated carbocycles. The Morgan fingerprint density at radius 3 is 2.76 bits per heavy atom. The number of halogens is 1. The summed E-state index contributed by atoms with van der Waals surface area (Å²) >= 11 is 0. The maximum Gasteiger partial charge on any atom is 0.341 e. The minimum absolute atomic E-state index is 0. The number of nitrogens with one attached hydrogen (secondary N) is 1. The van der Waals surface area contributed by atoms with Gasteiger partial charge in [0.2, 0.25) is 0 Å². The normalized spacial score (nSPS) is 14.3. The van der Waals surface area contributed by atoms with E-state index in [-0.39, 0.29) is 18.4 Å². The molecule has 0 radical (unpaired) electrons. The maximum atomic E-state index is 12.4. The third kappa shape index (κ3) is 6.19. The highest BCUT2D eigenvalue weighted by atomic mass is 35.5. The number of ether oxygens (including phenoxy) is 3. The van der Waals surface area contributed by atoms with Crippen LogP contribution in [0.1, 0.15) is 30.6 Å². The van der Waals surface area contributed by atoms with Crippen LogP contribution < -0.4 is 10.1 Å². The topological polar surface area (TPSA) is 72.9 Å². The average molecular weight is 424 g/mol. The summed E-state index contributed by atoms with van der Waals surface area (Å²) in [6.45, 7) is 9.96. The van der Waals surface area contributed by atoms with Crippen LogP contribution in [0.25, 0.3) is 10.9 Å². The van der Waals surface area contributed by atoms with E-state index < -0.39 is 0 Å². The van der Waals surface area contributed by atoms with E-state index in [4.69, 9.17) is 14.2 Å². The summed E-state index contributed by atoms with van der Waals surface area (Å²) in [6.07, 6.45) is 2.56. The van der Waals surface area contributed by atoms with Gasteiger partial charge in [-0.3, -0.25) is 9.88 Å². The number of fused-ring (bicyclic) bond motifs is 1. The molecule has 160 valence electrons. The molecule has 2 aromatic rings. The van der Waals surface area contributed by atoms with Crippen LogP contribution >= 0.6 is 12.4 Å². The molecule has 7 nitrogen and oxygen atoms in total. The molecule has 0 amide bonds. The predicted octanol–water partition coefficient (Wildman–Crippen LogP) is 3.37. The first kappa shape index (κ1) is 23.2. The molecule has 1 aromatic heterocycles. The predicted molar refractivity (Wildman–Crippen MR) is 116 cm³/mol. The number of hydrogen-bond donors (Lipinski definition) is 1. The van der Waals surface area contributed by atoms with Gasteiger partial charge in [0.1, 0.15) is 11.3 Å². The Balaban J connectivity index is 0.00000300. The fraction of sp³-hybridized carbons (Fsp3) is 0.524.